The summed E-state index contributed by atoms with van der Waals surface area (Å²) in [5, 5.41) is 0. The van der Waals surface area contributed by atoms with Crippen LogP contribution in [-0.4, -0.2) is 11.2 Å². The monoisotopic (exact) mass is 315 g/mol. The standard InChI is InChI=1S/C20H31N2O/c1-4-5-6-10-13-21-14-15-22(17-23-16-18(2)3)20(21)19-11-8-7-9-12-19/h7-9,11-12,14-15,18H,4-6,10,13,16-17H2,1-3H3/q+1. The first kappa shape index (κ1) is 17.7. The van der Waals surface area contributed by atoms with Gasteiger partial charge in [-0.05, 0) is 30.9 Å². The van der Waals surface area contributed by atoms with E-state index in [1.807, 2.05) is 0 Å². The zero-order chi connectivity index (χ0) is 16.5. The number of aryl methyl sites for hydroxylation is 1. The third-order valence-electron chi connectivity index (χ3n) is 3.94. The van der Waals surface area contributed by atoms with Gasteiger partial charge in [0.05, 0.1) is 18.7 Å². The summed E-state index contributed by atoms with van der Waals surface area (Å²) in [6, 6.07) is 10.6. The summed E-state index contributed by atoms with van der Waals surface area (Å²) < 4.78 is 10.4. The van der Waals surface area contributed by atoms with E-state index >= 15 is 0 Å². The molecule has 126 valence electrons. The fourth-order valence-corrected chi connectivity index (χ4v) is 2.77. The maximum atomic E-state index is 5.85. The number of rotatable bonds is 10. The van der Waals surface area contributed by atoms with Crippen LogP contribution in [0.1, 0.15) is 46.5 Å². The van der Waals surface area contributed by atoms with E-state index in [1.54, 1.807) is 0 Å². The first-order chi connectivity index (χ1) is 11.2. The van der Waals surface area contributed by atoms with E-state index in [0.29, 0.717) is 12.6 Å². The lowest BCUT2D eigenvalue weighted by molar-refractivity contribution is -0.722. The highest BCUT2D eigenvalue weighted by Gasteiger charge is 2.19. The molecule has 0 spiro atoms. The zero-order valence-electron chi connectivity index (χ0n) is 14.9. The Hall–Kier alpha value is -1.61. The number of imidazole rings is 1. The first-order valence-corrected chi connectivity index (χ1v) is 8.94. The second-order valence-electron chi connectivity index (χ2n) is 6.61. The van der Waals surface area contributed by atoms with E-state index in [0.717, 1.165) is 13.2 Å². The number of hydrogen-bond donors (Lipinski definition) is 0. The molecule has 0 fully saturated rings. The Labute approximate surface area is 140 Å². The fraction of sp³-hybridized carbons (Fsp3) is 0.550. The summed E-state index contributed by atoms with van der Waals surface area (Å²) in [6.45, 7) is 9.10. The van der Waals surface area contributed by atoms with Crippen molar-refractivity contribution in [3.8, 4) is 11.4 Å². The van der Waals surface area contributed by atoms with Crippen molar-refractivity contribution < 1.29 is 9.30 Å². The van der Waals surface area contributed by atoms with Crippen LogP contribution in [0.25, 0.3) is 11.4 Å². The molecule has 2 aromatic rings. The molecule has 1 heterocycles. The lowest BCUT2D eigenvalue weighted by Gasteiger charge is -2.08. The average molecular weight is 315 g/mol. The Morgan fingerprint density at radius 2 is 1.87 bits per heavy atom. The Bertz CT molecular complexity index is 560. The lowest BCUT2D eigenvalue weighted by Crippen LogP contribution is -2.36. The normalized spacial score (nSPS) is 11.3. The van der Waals surface area contributed by atoms with Crippen molar-refractivity contribution in [2.75, 3.05) is 6.61 Å². The Morgan fingerprint density at radius 3 is 2.57 bits per heavy atom. The minimum atomic E-state index is 0.562. The number of hydrogen-bond acceptors (Lipinski definition) is 1. The van der Waals surface area contributed by atoms with Crippen LogP contribution in [0.15, 0.2) is 42.7 Å². The number of benzene rings is 1. The van der Waals surface area contributed by atoms with Gasteiger partial charge in [0.25, 0.3) is 5.82 Å². The highest BCUT2D eigenvalue weighted by Crippen LogP contribution is 2.17. The van der Waals surface area contributed by atoms with Gasteiger partial charge in [0.1, 0.15) is 12.4 Å². The van der Waals surface area contributed by atoms with E-state index in [4.69, 9.17) is 4.74 Å². The number of ether oxygens (including phenoxy) is 1. The van der Waals surface area contributed by atoms with Crippen molar-refractivity contribution in [1.82, 2.24) is 4.57 Å². The molecule has 0 aliphatic carbocycles. The van der Waals surface area contributed by atoms with Crippen LogP contribution in [0.2, 0.25) is 0 Å². The van der Waals surface area contributed by atoms with Gasteiger partial charge < -0.3 is 4.74 Å². The summed E-state index contributed by atoms with van der Waals surface area (Å²) in [6.07, 6.45) is 9.46. The summed E-state index contributed by atoms with van der Waals surface area (Å²) in [5.74, 6) is 1.80. The number of aromatic nitrogens is 2. The van der Waals surface area contributed by atoms with Crippen LogP contribution >= 0.6 is 0 Å². The topological polar surface area (TPSA) is 18.0 Å². The highest BCUT2D eigenvalue weighted by molar-refractivity contribution is 5.52. The molecule has 0 aliphatic rings. The van der Waals surface area contributed by atoms with E-state index in [9.17, 15) is 0 Å². The third kappa shape index (κ3) is 5.51. The van der Waals surface area contributed by atoms with E-state index < -0.39 is 0 Å². The molecule has 0 aliphatic heterocycles. The molecule has 0 N–H and O–H groups in total. The predicted molar refractivity (Wildman–Crippen MR) is 95.0 cm³/mol. The minimum Gasteiger partial charge on any atom is -0.341 e. The van der Waals surface area contributed by atoms with Crippen LogP contribution in [-0.2, 0) is 18.0 Å². The molecular formula is C20H31N2O+. The maximum absolute atomic E-state index is 5.85. The molecule has 0 saturated heterocycles. The van der Waals surface area contributed by atoms with Gasteiger partial charge >= 0.3 is 0 Å². The van der Waals surface area contributed by atoms with Gasteiger partial charge in [-0.2, -0.15) is 0 Å². The lowest BCUT2D eigenvalue weighted by atomic mass is 10.2. The van der Waals surface area contributed by atoms with Gasteiger partial charge in [-0.25, -0.2) is 9.13 Å². The molecule has 0 radical (unpaired) electrons. The van der Waals surface area contributed by atoms with Gasteiger partial charge in [0.2, 0.25) is 0 Å². The zero-order valence-corrected chi connectivity index (χ0v) is 14.9. The second kappa shape index (κ2) is 9.51. The Morgan fingerprint density at radius 1 is 1.09 bits per heavy atom. The molecular weight excluding hydrogens is 284 g/mol. The molecule has 2 rings (SSSR count). The van der Waals surface area contributed by atoms with Gasteiger partial charge in [-0.1, -0.05) is 51.8 Å². The molecule has 0 saturated carbocycles. The van der Waals surface area contributed by atoms with Crippen molar-refractivity contribution >= 4 is 0 Å². The SMILES string of the molecule is CCCCCCn1cc[n+](COCC(C)C)c1-c1ccccc1. The number of unbranched alkanes of at least 4 members (excludes halogenated alkanes) is 3. The molecule has 23 heavy (non-hydrogen) atoms. The summed E-state index contributed by atoms with van der Waals surface area (Å²) in [4.78, 5) is 0. The van der Waals surface area contributed by atoms with Gasteiger partial charge in [-0.15, -0.1) is 0 Å². The van der Waals surface area contributed by atoms with E-state index in [2.05, 4.69) is 72.6 Å². The summed E-state index contributed by atoms with van der Waals surface area (Å²) in [7, 11) is 0. The van der Waals surface area contributed by atoms with Crippen LogP contribution < -0.4 is 4.57 Å². The largest absolute Gasteiger partial charge is 0.341 e. The van der Waals surface area contributed by atoms with Crippen LogP contribution in [0.5, 0.6) is 0 Å². The molecule has 3 nitrogen and oxygen atoms in total. The quantitative estimate of drug-likeness (QED) is 0.461. The minimum absolute atomic E-state index is 0.562. The van der Waals surface area contributed by atoms with Crippen molar-refractivity contribution in [3.63, 3.8) is 0 Å². The molecule has 0 bridgehead atoms. The highest BCUT2D eigenvalue weighted by atomic mass is 16.5. The smallest absolute Gasteiger partial charge is 0.290 e. The van der Waals surface area contributed by atoms with Crippen LogP contribution in [0, 0.1) is 5.92 Å². The fourth-order valence-electron chi connectivity index (χ4n) is 2.77. The predicted octanol–water partition coefficient (Wildman–Crippen LogP) is 4.65. The second-order valence-corrected chi connectivity index (χ2v) is 6.61. The number of nitrogens with zero attached hydrogens (tertiary/aromatic N) is 2. The van der Waals surface area contributed by atoms with Crippen LogP contribution in [0.4, 0.5) is 0 Å². The van der Waals surface area contributed by atoms with Gasteiger partial charge in [0.15, 0.2) is 6.73 Å². The molecule has 0 amide bonds. The third-order valence-corrected chi connectivity index (χ3v) is 3.94. The first-order valence-electron chi connectivity index (χ1n) is 8.94. The molecule has 1 aromatic carbocycles. The Balaban J connectivity index is 2.13. The average Bonchev–Trinajstić information content (AvgIpc) is 2.95. The van der Waals surface area contributed by atoms with Crippen LogP contribution in [0.3, 0.4) is 0 Å². The summed E-state index contributed by atoms with van der Waals surface area (Å²) >= 11 is 0. The molecule has 0 unspecified atom stereocenters. The molecule has 0 atom stereocenters. The molecule has 1 aromatic heterocycles. The van der Waals surface area contributed by atoms with Gasteiger partial charge in [-0.3, -0.25) is 0 Å². The Kier molecular flexibility index (Phi) is 7.34. The van der Waals surface area contributed by atoms with Gasteiger partial charge in [0, 0.05) is 0 Å². The van der Waals surface area contributed by atoms with Crippen molar-refractivity contribution in [3.05, 3.63) is 42.7 Å². The summed E-state index contributed by atoms with van der Waals surface area (Å²) in [5.41, 5.74) is 1.25. The van der Waals surface area contributed by atoms with Crippen molar-refractivity contribution in [1.29, 1.82) is 0 Å². The molecule has 3 heteroatoms. The van der Waals surface area contributed by atoms with E-state index in [-0.39, 0.29) is 0 Å². The van der Waals surface area contributed by atoms with E-state index in [1.165, 1.54) is 37.1 Å². The van der Waals surface area contributed by atoms with Crippen molar-refractivity contribution in [2.24, 2.45) is 5.92 Å². The van der Waals surface area contributed by atoms with Crippen molar-refractivity contribution in [2.45, 2.75) is 59.7 Å². The maximum Gasteiger partial charge on any atom is 0.290 e.